The van der Waals surface area contributed by atoms with E-state index in [-0.39, 0.29) is 12.2 Å². The SMILES string of the molecule is CCCCCCCC/C=C\CCCCCCCCOCC(COCCCCCCCC/C=C\CCCCCCCC)OC(=O)NCCNCCC. The average molecular weight is 721 g/mol. The highest BCUT2D eigenvalue weighted by Crippen LogP contribution is 2.12. The van der Waals surface area contributed by atoms with Crippen molar-refractivity contribution in [3.63, 3.8) is 0 Å². The highest BCUT2D eigenvalue weighted by atomic mass is 16.6. The molecule has 0 atom stereocenters. The number of nitrogens with one attached hydrogen (secondary N) is 2. The number of hydrogen-bond donors (Lipinski definition) is 2. The lowest BCUT2D eigenvalue weighted by Gasteiger charge is -2.19. The lowest BCUT2D eigenvalue weighted by atomic mass is 10.1. The highest BCUT2D eigenvalue weighted by molar-refractivity contribution is 5.67. The van der Waals surface area contributed by atoms with Gasteiger partial charge < -0.3 is 24.8 Å². The molecule has 0 heterocycles. The van der Waals surface area contributed by atoms with Gasteiger partial charge in [0.1, 0.15) is 0 Å². The predicted molar refractivity (Wildman–Crippen MR) is 222 cm³/mol. The largest absolute Gasteiger partial charge is 0.441 e. The summed E-state index contributed by atoms with van der Waals surface area (Å²) >= 11 is 0. The van der Waals surface area contributed by atoms with Crippen LogP contribution in [0.5, 0.6) is 0 Å². The summed E-state index contributed by atoms with van der Waals surface area (Å²) in [5.74, 6) is 0. The van der Waals surface area contributed by atoms with Crippen LogP contribution in [0.25, 0.3) is 0 Å². The highest BCUT2D eigenvalue weighted by Gasteiger charge is 2.15. The molecule has 0 saturated heterocycles. The minimum absolute atomic E-state index is 0.378. The zero-order chi connectivity index (χ0) is 37.0. The summed E-state index contributed by atoms with van der Waals surface area (Å²) in [5, 5.41) is 6.14. The number of allylic oxidation sites excluding steroid dienone is 4. The van der Waals surface area contributed by atoms with E-state index >= 15 is 0 Å². The molecule has 0 unspecified atom stereocenters. The van der Waals surface area contributed by atoms with E-state index in [4.69, 9.17) is 14.2 Å². The first-order chi connectivity index (χ1) is 25.2. The van der Waals surface area contributed by atoms with Gasteiger partial charge in [-0.1, -0.05) is 161 Å². The third-order valence-electron chi connectivity index (χ3n) is 9.48. The molecule has 0 aliphatic carbocycles. The van der Waals surface area contributed by atoms with Crippen molar-refractivity contribution < 1.29 is 19.0 Å². The van der Waals surface area contributed by atoms with Crippen LogP contribution in [0, 0.1) is 0 Å². The van der Waals surface area contributed by atoms with Crippen LogP contribution in [-0.2, 0) is 14.2 Å². The Labute approximate surface area is 318 Å². The second-order valence-electron chi connectivity index (χ2n) is 14.7. The molecule has 0 rings (SSSR count). The van der Waals surface area contributed by atoms with Crippen molar-refractivity contribution in [2.45, 2.75) is 213 Å². The molecule has 0 spiro atoms. The standard InChI is InChI=1S/C45H88N2O4/c1-4-7-9-11-13-15-17-19-21-23-25-27-29-31-33-35-40-49-42-44(51-45(48)47-39-38-46-37-6-3)43-50-41-36-34-32-30-28-26-24-22-20-18-16-14-12-10-8-5-2/h19-22,44,46H,4-18,23-43H2,1-3H3,(H,47,48)/b21-19-,22-20-. The van der Waals surface area contributed by atoms with Crippen LogP contribution in [0.15, 0.2) is 24.3 Å². The first-order valence-corrected chi connectivity index (χ1v) is 22.3. The van der Waals surface area contributed by atoms with Crippen LogP contribution >= 0.6 is 0 Å². The third-order valence-corrected chi connectivity index (χ3v) is 9.48. The van der Waals surface area contributed by atoms with E-state index in [2.05, 4.69) is 55.7 Å². The van der Waals surface area contributed by atoms with Crippen molar-refractivity contribution in [2.75, 3.05) is 46.1 Å². The van der Waals surface area contributed by atoms with Gasteiger partial charge in [-0.15, -0.1) is 0 Å². The zero-order valence-electron chi connectivity index (χ0n) is 34.5. The fourth-order valence-corrected chi connectivity index (χ4v) is 6.20. The lowest BCUT2D eigenvalue weighted by molar-refractivity contribution is -0.0291. The van der Waals surface area contributed by atoms with Gasteiger partial charge in [-0.25, -0.2) is 4.79 Å². The maximum atomic E-state index is 12.4. The molecule has 0 saturated carbocycles. The second-order valence-corrected chi connectivity index (χ2v) is 14.7. The van der Waals surface area contributed by atoms with Crippen LogP contribution in [0.3, 0.4) is 0 Å². The Kier molecular flexibility index (Phi) is 43.6. The van der Waals surface area contributed by atoms with Crippen molar-refractivity contribution in [1.82, 2.24) is 10.6 Å². The van der Waals surface area contributed by atoms with Gasteiger partial charge in [-0.05, 0) is 77.2 Å². The van der Waals surface area contributed by atoms with Crippen LogP contribution in [0.4, 0.5) is 4.79 Å². The van der Waals surface area contributed by atoms with Crippen LogP contribution in [-0.4, -0.2) is 58.3 Å². The summed E-state index contributed by atoms with van der Waals surface area (Å²) in [5.41, 5.74) is 0. The number of unbranched alkanes of at least 4 members (excludes halogenated alkanes) is 24. The smallest absolute Gasteiger partial charge is 0.407 e. The van der Waals surface area contributed by atoms with E-state index in [0.29, 0.717) is 33.0 Å². The number of amides is 1. The summed E-state index contributed by atoms with van der Waals surface area (Å²) in [6, 6.07) is 0. The molecule has 0 aromatic carbocycles. The quantitative estimate of drug-likeness (QED) is 0.0485. The Morgan fingerprint density at radius 1 is 0.451 bits per heavy atom. The van der Waals surface area contributed by atoms with Gasteiger partial charge in [-0.2, -0.15) is 0 Å². The molecule has 0 aromatic heterocycles. The Hall–Kier alpha value is -1.37. The molecule has 0 bridgehead atoms. The fourth-order valence-electron chi connectivity index (χ4n) is 6.20. The third kappa shape index (κ3) is 42.9. The van der Waals surface area contributed by atoms with Crippen LogP contribution in [0.2, 0.25) is 0 Å². The molecule has 51 heavy (non-hydrogen) atoms. The molecule has 6 heteroatoms. The van der Waals surface area contributed by atoms with Crippen LogP contribution in [0.1, 0.15) is 207 Å². The Morgan fingerprint density at radius 3 is 1.22 bits per heavy atom. The summed E-state index contributed by atoms with van der Waals surface area (Å²) in [6.45, 7) is 11.1. The molecule has 302 valence electrons. The van der Waals surface area contributed by atoms with Crippen molar-refractivity contribution in [3.8, 4) is 0 Å². The average Bonchev–Trinajstić information content (AvgIpc) is 3.13. The first-order valence-electron chi connectivity index (χ1n) is 22.3. The van der Waals surface area contributed by atoms with Gasteiger partial charge in [0, 0.05) is 26.3 Å². The molecule has 6 nitrogen and oxygen atoms in total. The summed E-state index contributed by atoms with van der Waals surface area (Å²) < 4.78 is 17.6. The molecular weight excluding hydrogens is 633 g/mol. The van der Waals surface area contributed by atoms with Crippen molar-refractivity contribution in [1.29, 1.82) is 0 Å². The van der Waals surface area contributed by atoms with Crippen LogP contribution < -0.4 is 10.6 Å². The number of carbonyl (C=O) groups excluding carboxylic acids is 1. The molecule has 0 aliphatic rings. The summed E-state index contributed by atoms with van der Waals surface area (Å²) in [7, 11) is 0. The fraction of sp³-hybridized carbons (Fsp3) is 0.889. The zero-order valence-corrected chi connectivity index (χ0v) is 34.5. The molecule has 2 N–H and O–H groups in total. The minimum atomic E-state index is -0.389. The molecular formula is C45H88N2O4. The second kappa shape index (κ2) is 44.8. The number of alkyl carbamates (subject to hydrolysis) is 1. The maximum Gasteiger partial charge on any atom is 0.407 e. The van der Waals surface area contributed by atoms with E-state index in [1.54, 1.807) is 0 Å². The predicted octanol–water partition coefficient (Wildman–Crippen LogP) is 13.2. The van der Waals surface area contributed by atoms with E-state index in [0.717, 1.165) is 32.4 Å². The normalized spacial score (nSPS) is 11.8. The lowest BCUT2D eigenvalue weighted by Crippen LogP contribution is -2.37. The van der Waals surface area contributed by atoms with Gasteiger partial charge in [0.05, 0.1) is 13.2 Å². The summed E-state index contributed by atoms with van der Waals surface area (Å²) in [6.07, 6.45) is 46.3. The van der Waals surface area contributed by atoms with Gasteiger partial charge in [0.25, 0.3) is 0 Å². The number of carbonyl (C=O) groups is 1. The van der Waals surface area contributed by atoms with Crippen molar-refractivity contribution in [2.24, 2.45) is 0 Å². The summed E-state index contributed by atoms with van der Waals surface area (Å²) in [4.78, 5) is 12.4. The topological polar surface area (TPSA) is 68.8 Å². The van der Waals surface area contributed by atoms with Gasteiger partial charge in [0.15, 0.2) is 6.10 Å². The number of hydrogen-bond acceptors (Lipinski definition) is 5. The van der Waals surface area contributed by atoms with Crippen molar-refractivity contribution >= 4 is 6.09 Å². The number of rotatable bonds is 42. The molecule has 0 aromatic rings. The number of ether oxygens (including phenoxy) is 3. The van der Waals surface area contributed by atoms with E-state index in [1.807, 2.05) is 0 Å². The van der Waals surface area contributed by atoms with Gasteiger partial charge in [-0.3, -0.25) is 0 Å². The Balaban J connectivity index is 3.93. The monoisotopic (exact) mass is 721 g/mol. The Bertz CT molecular complexity index is 683. The molecule has 0 fully saturated rings. The van der Waals surface area contributed by atoms with E-state index in [1.165, 1.54) is 167 Å². The molecule has 1 amide bonds. The van der Waals surface area contributed by atoms with E-state index < -0.39 is 0 Å². The minimum Gasteiger partial charge on any atom is -0.441 e. The molecule has 0 aliphatic heterocycles. The first kappa shape index (κ1) is 49.6. The molecule has 0 radical (unpaired) electrons. The van der Waals surface area contributed by atoms with E-state index in [9.17, 15) is 4.79 Å². The Morgan fingerprint density at radius 2 is 0.824 bits per heavy atom. The maximum absolute atomic E-state index is 12.4. The van der Waals surface area contributed by atoms with Gasteiger partial charge in [0.2, 0.25) is 0 Å². The van der Waals surface area contributed by atoms with Crippen molar-refractivity contribution in [3.05, 3.63) is 24.3 Å². The van der Waals surface area contributed by atoms with Gasteiger partial charge >= 0.3 is 6.09 Å².